The zero-order chi connectivity index (χ0) is 15.8. The molecule has 2 unspecified atom stereocenters. The first-order valence-electron chi connectivity index (χ1n) is 6.40. The van der Waals surface area contributed by atoms with Gasteiger partial charge in [-0.15, -0.1) is 0 Å². The van der Waals surface area contributed by atoms with Gasteiger partial charge in [-0.05, 0) is 5.41 Å². The topological polar surface area (TPSA) is 111 Å². The minimum absolute atomic E-state index is 0.0976. The van der Waals surface area contributed by atoms with Crippen molar-refractivity contribution in [3.63, 3.8) is 0 Å². The van der Waals surface area contributed by atoms with Crippen LogP contribution in [-0.2, 0) is 9.59 Å². The predicted molar refractivity (Wildman–Crippen MR) is 79.3 cm³/mol. The first-order chi connectivity index (χ1) is 9.16. The van der Waals surface area contributed by atoms with E-state index in [1.165, 1.54) is 0 Å². The number of hydrogen-bond donors (Lipinski definition) is 6. The summed E-state index contributed by atoms with van der Waals surface area (Å²) in [4.78, 5) is 22.8. The Kier molecular flexibility index (Phi) is 8.79. The molecule has 2 atom stereocenters. The fourth-order valence-electron chi connectivity index (χ4n) is 1.10. The standard InChI is InChI=1S/C12H25N3O4S/c1-12(2,3)8(16)4-13-9(17)5-14-10(18)6-15-11(19)7-20/h8,11,15-16,19-20H,4-7H2,1-3H3,(H,13,17)(H,14,18). The average molecular weight is 307 g/mol. The SMILES string of the molecule is CC(C)(C)C(O)CNC(=O)CNC(=O)CNC(O)CS. The molecule has 0 radical (unpaired) electrons. The molecule has 0 aromatic heterocycles. The van der Waals surface area contributed by atoms with E-state index in [1.807, 2.05) is 20.8 Å². The lowest BCUT2D eigenvalue weighted by atomic mass is 9.89. The fraction of sp³-hybridized carbons (Fsp3) is 0.833. The van der Waals surface area contributed by atoms with Gasteiger partial charge in [-0.3, -0.25) is 14.9 Å². The summed E-state index contributed by atoms with van der Waals surface area (Å²) in [5.74, 6) is -0.591. The Morgan fingerprint density at radius 3 is 2.15 bits per heavy atom. The van der Waals surface area contributed by atoms with E-state index in [1.54, 1.807) is 0 Å². The Bertz CT molecular complexity index is 320. The predicted octanol–water partition coefficient (Wildman–Crippen LogP) is -1.54. The van der Waals surface area contributed by atoms with Gasteiger partial charge in [0.1, 0.15) is 6.23 Å². The normalized spacial score (nSPS) is 14.5. The molecule has 0 heterocycles. The van der Waals surface area contributed by atoms with Crippen molar-refractivity contribution < 1.29 is 19.8 Å². The number of amides is 2. The first kappa shape index (κ1) is 19.2. The molecule has 8 heteroatoms. The highest BCUT2D eigenvalue weighted by Gasteiger charge is 2.22. The molecule has 0 aromatic rings. The minimum atomic E-state index is -0.861. The molecule has 0 aromatic carbocycles. The van der Waals surface area contributed by atoms with Crippen molar-refractivity contribution >= 4 is 24.4 Å². The lowest BCUT2D eigenvalue weighted by molar-refractivity contribution is -0.126. The first-order valence-corrected chi connectivity index (χ1v) is 7.03. The van der Waals surface area contributed by atoms with E-state index >= 15 is 0 Å². The Morgan fingerprint density at radius 1 is 1.10 bits per heavy atom. The van der Waals surface area contributed by atoms with E-state index in [2.05, 4.69) is 28.6 Å². The Balaban J connectivity index is 3.80. The molecule has 0 aliphatic rings. The molecule has 0 bridgehead atoms. The maximum atomic E-state index is 11.5. The molecule has 2 amide bonds. The van der Waals surface area contributed by atoms with Gasteiger partial charge in [0.25, 0.3) is 0 Å². The van der Waals surface area contributed by atoms with Crippen molar-refractivity contribution in [1.29, 1.82) is 0 Å². The molecule has 20 heavy (non-hydrogen) atoms. The second kappa shape index (κ2) is 9.17. The summed E-state index contributed by atoms with van der Waals surface area (Å²) in [5.41, 5.74) is -0.316. The van der Waals surface area contributed by atoms with E-state index < -0.39 is 18.2 Å². The molecule has 7 nitrogen and oxygen atoms in total. The average Bonchev–Trinajstić information content (AvgIpc) is 2.38. The molecular weight excluding hydrogens is 282 g/mol. The van der Waals surface area contributed by atoms with Crippen LogP contribution in [0.3, 0.4) is 0 Å². The van der Waals surface area contributed by atoms with Crippen molar-refractivity contribution in [3.05, 3.63) is 0 Å². The Morgan fingerprint density at radius 2 is 1.65 bits per heavy atom. The van der Waals surface area contributed by atoms with Crippen LogP contribution in [0.5, 0.6) is 0 Å². The van der Waals surface area contributed by atoms with Gasteiger partial charge in [-0.1, -0.05) is 20.8 Å². The molecule has 0 aliphatic heterocycles. The van der Waals surface area contributed by atoms with Crippen LogP contribution >= 0.6 is 12.6 Å². The second-order valence-corrected chi connectivity index (χ2v) is 5.91. The van der Waals surface area contributed by atoms with Gasteiger partial charge < -0.3 is 20.8 Å². The summed E-state index contributed by atoms with van der Waals surface area (Å²) < 4.78 is 0. The Labute approximate surface area is 124 Å². The van der Waals surface area contributed by atoms with Crippen molar-refractivity contribution in [3.8, 4) is 0 Å². The van der Waals surface area contributed by atoms with Gasteiger partial charge in [-0.2, -0.15) is 12.6 Å². The summed E-state index contributed by atoms with van der Waals surface area (Å²) in [7, 11) is 0. The maximum Gasteiger partial charge on any atom is 0.239 e. The third-order valence-electron chi connectivity index (χ3n) is 2.61. The number of aliphatic hydroxyl groups is 2. The van der Waals surface area contributed by atoms with Crippen LogP contribution in [0, 0.1) is 5.41 Å². The molecule has 0 rings (SSSR count). The highest BCUT2D eigenvalue weighted by molar-refractivity contribution is 7.80. The molecule has 5 N–H and O–H groups in total. The minimum Gasteiger partial charge on any atom is -0.391 e. The van der Waals surface area contributed by atoms with Crippen molar-refractivity contribution in [2.75, 3.05) is 25.4 Å². The Hall–Kier alpha value is -0.830. The molecule has 0 aliphatic carbocycles. The van der Waals surface area contributed by atoms with Crippen LogP contribution in [-0.4, -0.2) is 59.7 Å². The van der Waals surface area contributed by atoms with E-state index in [9.17, 15) is 14.7 Å². The van der Waals surface area contributed by atoms with Crippen LogP contribution in [0.1, 0.15) is 20.8 Å². The fourth-order valence-corrected chi connectivity index (χ4v) is 1.22. The van der Waals surface area contributed by atoms with E-state index in [4.69, 9.17) is 5.11 Å². The zero-order valence-electron chi connectivity index (χ0n) is 12.1. The van der Waals surface area contributed by atoms with Gasteiger partial charge in [0.2, 0.25) is 11.8 Å². The van der Waals surface area contributed by atoms with Gasteiger partial charge >= 0.3 is 0 Å². The van der Waals surface area contributed by atoms with E-state index in [-0.39, 0.29) is 36.7 Å². The number of aliphatic hydroxyl groups excluding tert-OH is 2. The summed E-state index contributed by atoms with van der Waals surface area (Å²) in [6.07, 6.45) is -1.52. The molecule has 0 saturated carbocycles. The number of nitrogens with one attached hydrogen (secondary N) is 3. The van der Waals surface area contributed by atoms with Crippen LogP contribution < -0.4 is 16.0 Å². The van der Waals surface area contributed by atoms with Gasteiger partial charge in [0.05, 0.1) is 19.2 Å². The van der Waals surface area contributed by atoms with Crippen molar-refractivity contribution in [2.45, 2.75) is 33.1 Å². The molecule has 0 fully saturated rings. The summed E-state index contributed by atoms with van der Waals surface area (Å²) in [5, 5.41) is 26.3. The van der Waals surface area contributed by atoms with E-state index in [0.717, 1.165) is 0 Å². The highest BCUT2D eigenvalue weighted by Crippen LogP contribution is 2.17. The van der Waals surface area contributed by atoms with Crippen molar-refractivity contribution in [1.82, 2.24) is 16.0 Å². The third kappa shape index (κ3) is 9.13. The lowest BCUT2D eigenvalue weighted by Crippen LogP contribution is -2.45. The third-order valence-corrected chi connectivity index (χ3v) is 2.96. The van der Waals surface area contributed by atoms with Gasteiger partial charge in [0, 0.05) is 12.3 Å². The summed E-state index contributed by atoms with van der Waals surface area (Å²) in [6, 6.07) is 0. The smallest absolute Gasteiger partial charge is 0.239 e. The number of hydrogen-bond acceptors (Lipinski definition) is 6. The quantitative estimate of drug-likeness (QED) is 0.241. The van der Waals surface area contributed by atoms with Gasteiger partial charge in [0.15, 0.2) is 0 Å². The van der Waals surface area contributed by atoms with Crippen LogP contribution in [0.25, 0.3) is 0 Å². The highest BCUT2D eigenvalue weighted by atomic mass is 32.1. The number of carbonyl (C=O) groups excluding carboxylic acids is 2. The van der Waals surface area contributed by atoms with Crippen molar-refractivity contribution in [2.24, 2.45) is 5.41 Å². The summed E-state index contributed by atoms with van der Waals surface area (Å²) in [6.45, 7) is 5.46. The zero-order valence-corrected chi connectivity index (χ0v) is 13.0. The van der Waals surface area contributed by atoms with E-state index in [0.29, 0.717) is 0 Å². The largest absolute Gasteiger partial charge is 0.391 e. The molecular formula is C12H25N3O4S. The maximum absolute atomic E-state index is 11.5. The van der Waals surface area contributed by atoms with Crippen LogP contribution in [0.4, 0.5) is 0 Å². The number of rotatable bonds is 8. The molecule has 0 spiro atoms. The van der Waals surface area contributed by atoms with Crippen LogP contribution in [0.2, 0.25) is 0 Å². The second-order valence-electron chi connectivity index (χ2n) is 5.54. The van der Waals surface area contributed by atoms with Crippen LogP contribution in [0.15, 0.2) is 0 Å². The lowest BCUT2D eigenvalue weighted by Gasteiger charge is -2.25. The number of carbonyl (C=O) groups is 2. The molecule has 0 saturated heterocycles. The number of thiol groups is 1. The van der Waals surface area contributed by atoms with Gasteiger partial charge in [-0.25, -0.2) is 0 Å². The molecule has 118 valence electrons. The monoisotopic (exact) mass is 307 g/mol. The summed E-state index contributed by atoms with van der Waals surface area (Å²) >= 11 is 3.84.